The van der Waals surface area contributed by atoms with Gasteiger partial charge in [0.15, 0.2) is 11.8 Å². The second-order valence-corrected chi connectivity index (χ2v) is 6.55. The van der Waals surface area contributed by atoms with Crippen LogP contribution in [0.1, 0.15) is 24.5 Å². The summed E-state index contributed by atoms with van der Waals surface area (Å²) in [7, 11) is 1.97. The number of ether oxygens (including phenoxy) is 1. The number of hydrogen-bond acceptors (Lipinski definition) is 5. The van der Waals surface area contributed by atoms with Gasteiger partial charge in [0.25, 0.3) is 0 Å². The lowest BCUT2D eigenvalue weighted by atomic mass is 10.2. The van der Waals surface area contributed by atoms with E-state index in [0.717, 1.165) is 69.8 Å². The summed E-state index contributed by atoms with van der Waals surface area (Å²) in [6.45, 7) is 8.00. The van der Waals surface area contributed by atoms with Crippen LogP contribution in [-0.4, -0.2) is 71.1 Å². The van der Waals surface area contributed by atoms with Crippen LogP contribution in [0.3, 0.4) is 0 Å². The summed E-state index contributed by atoms with van der Waals surface area (Å²) in [6, 6.07) is 0.427. The molecule has 138 valence electrons. The lowest BCUT2D eigenvalue weighted by Gasteiger charge is -2.27. The molecule has 0 radical (unpaired) electrons. The molecule has 2 N–H and O–H groups in total. The monoisotopic (exact) mass is 347 g/mol. The highest BCUT2D eigenvalue weighted by Gasteiger charge is 2.14. The summed E-state index contributed by atoms with van der Waals surface area (Å²) in [5, 5.41) is 15.3. The van der Waals surface area contributed by atoms with Gasteiger partial charge in [-0.05, 0) is 19.8 Å². The van der Waals surface area contributed by atoms with Crippen molar-refractivity contribution >= 4 is 5.96 Å². The van der Waals surface area contributed by atoms with Crippen molar-refractivity contribution < 1.29 is 4.74 Å². The Morgan fingerprint density at radius 3 is 2.72 bits per heavy atom. The van der Waals surface area contributed by atoms with E-state index < -0.39 is 0 Å². The maximum absolute atomic E-state index is 5.40. The van der Waals surface area contributed by atoms with E-state index in [0.29, 0.717) is 12.6 Å². The molecule has 2 aliphatic rings. The number of guanidine groups is 1. The molecule has 0 amide bonds. The largest absolute Gasteiger partial charge is 0.379 e. The molecule has 1 aromatic rings. The number of morpholine rings is 1. The molecule has 1 aliphatic heterocycles. The summed E-state index contributed by atoms with van der Waals surface area (Å²) in [6.07, 6.45) is 6.53. The SMILES string of the molecule is Cc1nnc(CN=C(NCCN2CCOCC2)NC2CC=CC2)n1C. The molecule has 1 saturated heterocycles. The molecule has 3 rings (SSSR count). The highest BCUT2D eigenvalue weighted by molar-refractivity contribution is 5.80. The molecule has 25 heavy (non-hydrogen) atoms. The smallest absolute Gasteiger partial charge is 0.191 e. The molecule has 1 fully saturated rings. The van der Waals surface area contributed by atoms with Crippen molar-refractivity contribution in [3.63, 3.8) is 0 Å². The van der Waals surface area contributed by atoms with E-state index in [2.05, 4.69) is 37.9 Å². The fraction of sp³-hybridized carbons (Fsp3) is 0.706. The Morgan fingerprint density at radius 1 is 1.28 bits per heavy atom. The van der Waals surface area contributed by atoms with Crippen molar-refractivity contribution in [2.75, 3.05) is 39.4 Å². The van der Waals surface area contributed by atoms with Gasteiger partial charge in [0.1, 0.15) is 12.4 Å². The van der Waals surface area contributed by atoms with Crippen molar-refractivity contribution in [2.24, 2.45) is 12.0 Å². The molecule has 0 spiro atoms. The van der Waals surface area contributed by atoms with E-state index >= 15 is 0 Å². The van der Waals surface area contributed by atoms with Crippen LogP contribution < -0.4 is 10.6 Å². The van der Waals surface area contributed by atoms with Crippen LogP contribution in [0.15, 0.2) is 17.1 Å². The average Bonchev–Trinajstić information content (AvgIpc) is 3.25. The van der Waals surface area contributed by atoms with E-state index in [9.17, 15) is 0 Å². The zero-order valence-corrected chi connectivity index (χ0v) is 15.2. The predicted octanol–water partition coefficient (Wildman–Crippen LogP) is 0.210. The number of hydrogen-bond donors (Lipinski definition) is 2. The van der Waals surface area contributed by atoms with Gasteiger partial charge >= 0.3 is 0 Å². The number of nitrogens with zero attached hydrogens (tertiary/aromatic N) is 5. The molecule has 0 unspecified atom stereocenters. The van der Waals surface area contributed by atoms with Gasteiger partial charge in [-0.25, -0.2) is 4.99 Å². The molecule has 8 nitrogen and oxygen atoms in total. The van der Waals surface area contributed by atoms with Gasteiger partial charge in [0, 0.05) is 39.3 Å². The van der Waals surface area contributed by atoms with Crippen molar-refractivity contribution in [3.05, 3.63) is 23.8 Å². The topological polar surface area (TPSA) is 79.6 Å². The van der Waals surface area contributed by atoms with Crippen LogP contribution >= 0.6 is 0 Å². The maximum Gasteiger partial charge on any atom is 0.191 e. The minimum absolute atomic E-state index is 0.427. The van der Waals surface area contributed by atoms with Gasteiger partial charge in [-0.3, -0.25) is 4.90 Å². The number of aliphatic imine (C=N–C) groups is 1. The van der Waals surface area contributed by atoms with Crippen molar-refractivity contribution in [1.29, 1.82) is 0 Å². The van der Waals surface area contributed by atoms with Crippen molar-refractivity contribution in [2.45, 2.75) is 32.4 Å². The predicted molar refractivity (Wildman–Crippen MR) is 97.4 cm³/mol. The summed E-state index contributed by atoms with van der Waals surface area (Å²) in [4.78, 5) is 7.13. The first-order valence-corrected chi connectivity index (χ1v) is 9.07. The third-order valence-electron chi connectivity index (χ3n) is 4.73. The Labute approximate surface area is 149 Å². The molecule has 0 atom stereocenters. The van der Waals surface area contributed by atoms with E-state index in [-0.39, 0.29) is 0 Å². The Hall–Kier alpha value is -1.93. The fourth-order valence-corrected chi connectivity index (χ4v) is 2.98. The van der Waals surface area contributed by atoms with Gasteiger partial charge in [0.05, 0.1) is 13.2 Å². The first-order chi connectivity index (χ1) is 12.2. The number of aryl methyl sites for hydroxylation is 1. The highest BCUT2D eigenvalue weighted by atomic mass is 16.5. The van der Waals surface area contributed by atoms with E-state index in [1.165, 1.54) is 0 Å². The molecule has 8 heteroatoms. The second-order valence-electron chi connectivity index (χ2n) is 6.55. The molecular formula is C17H29N7O. The quantitative estimate of drug-likeness (QED) is 0.435. The first kappa shape index (κ1) is 17.9. The lowest BCUT2D eigenvalue weighted by Crippen LogP contribution is -2.46. The van der Waals surface area contributed by atoms with Crippen molar-refractivity contribution in [1.82, 2.24) is 30.3 Å². The van der Waals surface area contributed by atoms with E-state index in [1.54, 1.807) is 0 Å². The van der Waals surface area contributed by atoms with Gasteiger partial charge < -0.3 is 19.9 Å². The zero-order chi connectivity index (χ0) is 17.5. The Morgan fingerprint density at radius 2 is 2.04 bits per heavy atom. The zero-order valence-electron chi connectivity index (χ0n) is 15.2. The molecule has 0 bridgehead atoms. The van der Waals surface area contributed by atoms with Gasteiger partial charge in [-0.1, -0.05) is 12.2 Å². The molecule has 2 heterocycles. The minimum atomic E-state index is 0.427. The molecule has 1 aromatic heterocycles. The van der Waals surface area contributed by atoms with Crippen LogP contribution in [0.25, 0.3) is 0 Å². The van der Waals surface area contributed by atoms with Gasteiger partial charge in [-0.2, -0.15) is 0 Å². The van der Waals surface area contributed by atoms with Crippen LogP contribution in [0.4, 0.5) is 0 Å². The number of nitrogens with one attached hydrogen (secondary N) is 2. The van der Waals surface area contributed by atoms with E-state index in [1.807, 2.05) is 18.5 Å². The standard InChI is InChI=1S/C17H29N7O/c1-14-21-22-16(23(14)2)13-19-17(20-15-5-3-4-6-15)18-7-8-24-9-11-25-12-10-24/h3-4,15H,5-13H2,1-2H3,(H2,18,19,20). The highest BCUT2D eigenvalue weighted by Crippen LogP contribution is 2.09. The minimum Gasteiger partial charge on any atom is -0.379 e. The maximum atomic E-state index is 5.40. The van der Waals surface area contributed by atoms with Gasteiger partial charge in [0.2, 0.25) is 0 Å². The first-order valence-electron chi connectivity index (χ1n) is 9.07. The Balaban J connectivity index is 1.53. The summed E-state index contributed by atoms with van der Waals surface area (Å²) in [5.41, 5.74) is 0. The molecular weight excluding hydrogens is 318 g/mol. The summed E-state index contributed by atoms with van der Waals surface area (Å²) < 4.78 is 7.37. The Bertz CT molecular complexity index is 596. The summed E-state index contributed by atoms with van der Waals surface area (Å²) in [5.74, 6) is 2.62. The van der Waals surface area contributed by atoms with Crippen LogP contribution in [0, 0.1) is 6.92 Å². The number of aromatic nitrogens is 3. The fourth-order valence-electron chi connectivity index (χ4n) is 2.98. The van der Waals surface area contributed by atoms with Gasteiger partial charge in [-0.15, -0.1) is 10.2 Å². The Kier molecular flexibility index (Phi) is 6.41. The average molecular weight is 347 g/mol. The van der Waals surface area contributed by atoms with Crippen LogP contribution in [-0.2, 0) is 18.3 Å². The van der Waals surface area contributed by atoms with E-state index in [4.69, 9.17) is 9.73 Å². The molecule has 0 saturated carbocycles. The normalized spacial score (nSPS) is 19.5. The van der Waals surface area contributed by atoms with Crippen molar-refractivity contribution in [3.8, 4) is 0 Å². The number of rotatable bonds is 6. The molecule has 0 aromatic carbocycles. The third kappa shape index (κ3) is 5.27. The molecule has 1 aliphatic carbocycles. The third-order valence-corrected chi connectivity index (χ3v) is 4.73. The summed E-state index contributed by atoms with van der Waals surface area (Å²) >= 11 is 0. The van der Waals surface area contributed by atoms with Crippen LogP contribution in [0.2, 0.25) is 0 Å². The lowest BCUT2D eigenvalue weighted by molar-refractivity contribution is 0.0389. The van der Waals surface area contributed by atoms with Crippen LogP contribution in [0.5, 0.6) is 0 Å². The second kappa shape index (κ2) is 8.96.